The van der Waals surface area contributed by atoms with E-state index in [1.54, 1.807) is 0 Å². The van der Waals surface area contributed by atoms with Crippen molar-refractivity contribution < 1.29 is 13.2 Å². The molecule has 2 aromatic rings. The van der Waals surface area contributed by atoms with Gasteiger partial charge in [-0.15, -0.1) is 0 Å². The van der Waals surface area contributed by atoms with E-state index >= 15 is 0 Å². The van der Waals surface area contributed by atoms with Crippen LogP contribution >= 0.6 is 0 Å². The molecule has 1 atom stereocenters. The molecular weight excluding hydrogens is 326 g/mol. The van der Waals surface area contributed by atoms with Crippen LogP contribution in [-0.4, -0.2) is 48.6 Å². The molecule has 0 spiro atoms. The van der Waals surface area contributed by atoms with Crippen LogP contribution in [0.1, 0.15) is 19.3 Å². The Labute approximate surface area is 142 Å². The third-order valence-corrected chi connectivity index (χ3v) is 5.78. The third-order valence-electron chi connectivity index (χ3n) is 4.49. The summed E-state index contributed by atoms with van der Waals surface area (Å²) in [5, 5.41) is 4.08. The fourth-order valence-corrected chi connectivity index (χ4v) is 4.44. The molecule has 130 valence electrons. The summed E-state index contributed by atoms with van der Waals surface area (Å²) in [6.45, 7) is 1.79. The van der Waals surface area contributed by atoms with E-state index in [0.717, 1.165) is 25.6 Å². The minimum absolute atomic E-state index is 0.185. The first kappa shape index (κ1) is 17.0. The minimum atomic E-state index is -3.32. The van der Waals surface area contributed by atoms with Gasteiger partial charge in [0.05, 0.1) is 6.26 Å². The van der Waals surface area contributed by atoms with Crippen LogP contribution in [0.3, 0.4) is 0 Å². The van der Waals surface area contributed by atoms with Crippen molar-refractivity contribution in [1.82, 2.24) is 14.2 Å². The van der Waals surface area contributed by atoms with Crippen LogP contribution < -0.4 is 5.32 Å². The molecular formula is C17H23N3O3S. The number of carbonyl (C=O) groups is 1. The number of hydrogen-bond donors (Lipinski definition) is 1. The number of para-hydroxylation sites is 1. The molecule has 1 saturated heterocycles. The minimum Gasteiger partial charge on any atom is -0.355 e. The van der Waals surface area contributed by atoms with E-state index in [1.807, 2.05) is 12.1 Å². The molecule has 3 rings (SSSR count). The largest absolute Gasteiger partial charge is 0.355 e. The van der Waals surface area contributed by atoms with Crippen LogP contribution in [0, 0.1) is 0 Å². The van der Waals surface area contributed by atoms with Crippen LogP contribution in [0.15, 0.2) is 36.5 Å². The number of rotatable bonds is 6. The Morgan fingerprint density at radius 2 is 2.08 bits per heavy atom. The van der Waals surface area contributed by atoms with E-state index in [4.69, 9.17) is 0 Å². The van der Waals surface area contributed by atoms with Gasteiger partial charge in [-0.25, -0.2) is 8.42 Å². The van der Waals surface area contributed by atoms with Gasteiger partial charge in [0.25, 0.3) is 0 Å². The van der Waals surface area contributed by atoms with Gasteiger partial charge in [-0.3, -0.25) is 4.79 Å². The van der Waals surface area contributed by atoms with Gasteiger partial charge >= 0.3 is 0 Å². The zero-order valence-corrected chi connectivity index (χ0v) is 14.6. The van der Waals surface area contributed by atoms with Crippen LogP contribution in [0.4, 0.5) is 0 Å². The lowest BCUT2D eigenvalue weighted by Gasteiger charge is -2.21. The highest BCUT2D eigenvalue weighted by molar-refractivity contribution is 7.88. The molecule has 0 radical (unpaired) electrons. The second-order valence-electron chi connectivity index (χ2n) is 6.24. The number of fused-ring (bicyclic) bond motifs is 1. The summed E-state index contributed by atoms with van der Waals surface area (Å²) < 4.78 is 26.9. The summed E-state index contributed by atoms with van der Waals surface area (Å²) in [5.41, 5.74) is 1.18. The second-order valence-corrected chi connectivity index (χ2v) is 8.18. The average Bonchev–Trinajstić information content (AvgIpc) is 3.18. The second kappa shape index (κ2) is 6.94. The predicted molar refractivity (Wildman–Crippen MR) is 94.1 cm³/mol. The number of sulfonamides is 1. The van der Waals surface area contributed by atoms with Gasteiger partial charge in [-0.2, -0.15) is 4.31 Å². The molecule has 1 aliphatic heterocycles. The summed E-state index contributed by atoms with van der Waals surface area (Å²) in [7, 11) is -3.32. The van der Waals surface area contributed by atoms with Gasteiger partial charge in [0, 0.05) is 31.3 Å². The summed E-state index contributed by atoms with van der Waals surface area (Å²) in [4.78, 5) is 12.3. The maximum absolute atomic E-state index is 12.3. The Morgan fingerprint density at radius 1 is 1.29 bits per heavy atom. The van der Waals surface area contributed by atoms with Crippen molar-refractivity contribution in [1.29, 1.82) is 0 Å². The zero-order valence-electron chi connectivity index (χ0n) is 13.8. The number of carbonyl (C=O) groups excluding carboxylic acids is 1. The molecule has 1 aromatic heterocycles. The first-order chi connectivity index (χ1) is 11.5. The lowest BCUT2D eigenvalue weighted by Crippen LogP contribution is -2.45. The first-order valence-corrected chi connectivity index (χ1v) is 10.1. The molecule has 1 fully saturated rings. The number of hydrogen-bond acceptors (Lipinski definition) is 3. The van der Waals surface area contributed by atoms with Crippen molar-refractivity contribution in [2.24, 2.45) is 0 Å². The SMILES string of the molecule is CS(=O)(=O)N1CCCC1C(=O)NCCCn1ccc2ccccc21. The number of aryl methyl sites for hydroxylation is 1. The summed E-state index contributed by atoms with van der Waals surface area (Å²) in [5.74, 6) is -0.185. The smallest absolute Gasteiger partial charge is 0.238 e. The normalized spacial score (nSPS) is 19.0. The number of aromatic nitrogens is 1. The van der Waals surface area contributed by atoms with Gasteiger partial charge in [0.1, 0.15) is 6.04 Å². The standard InChI is InChI=1S/C17H23N3O3S/c1-24(22,23)20-12-4-8-16(20)17(21)18-10-5-11-19-13-9-14-6-2-3-7-15(14)19/h2-3,6-7,9,13,16H,4-5,8,10-12H2,1H3,(H,18,21). The Hall–Kier alpha value is -1.86. The molecule has 7 heteroatoms. The van der Waals surface area contributed by atoms with Crippen LogP contribution in [0.2, 0.25) is 0 Å². The van der Waals surface area contributed by atoms with E-state index in [2.05, 4.69) is 34.3 Å². The van der Waals surface area contributed by atoms with Crippen molar-refractivity contribution in [3.8, 4) is 0 Å². The Morgan fingerprint density at radius 3 is 2.88 bits per heavy atom. The maximum atomic E-state index is 12.3. The maximum Gasteiger partial charge on any atom is 0.238 e. The van der Waals surface area contributed by atoms with E-state index in [9.17, 15) is 13.2 Å². The summed E-state index contributed by atoms with van der Waals surface area (Å²) in [6, 6.07) is 9.72. The van der Waals surface area contributed by atoms with Crippen molar-refractivity contribution >= 4 is 26.8 Å². The third kappa shape index (κ3) is 3.62. The quantitative estimate of drug-likeness (QED) is 0.805. The molecule has 1 N–H and O–H groups in total. The summed E-state index contributed by atoms with van der Waals surface area (Å²) >= 11 is 0. The number of benzene rings is 1. The molecule has 1 aromatic carbocycles. The predicted octanol–water partition coefficient (Wildman–Crippen LogP) is 1.57. The topological polar surface area (TPSA) is 71.4 Å². The van der Waals surface area contributed by atoms with Crippen LogP contribution in [0.5, 0.6) is 0 Å². The molecule has 1 unspecified atom stereocenters. The molecule has 1 amide bonds. The number of amides is 1. The van der Waals surface area contributed by atoms with Gasteiger partial charge in [0.15, 0.2) is 0 Å². The highest BCUT2D eigenvalue weighted by Crippen LogP contribution is 2.20. The van der Waals surface area contributed by atoms with Crippen molar-refractivity contribution in [3.63, 3.8) is 0 Å². The Kier molecular flexibility index (Phi) is 4.91. The van der Waals surface area contributed by atoms with E-state index in [1.165, 1.54) is 15.2 Å². The molecule has 1 aliphatic rings. The van der Waals surface area contributed by atoms with Crippen molar-refractivity contribution in [2.75, 3.05) is 19.3 Å². The summed E-state index contributed by atoms with van der Waals surface area (Å²) in [6.07, 6.45) is 5.35. The van der Waals surface area contributed by atoms with Crippen LogP contribution in [0.25, 0.3) is 10.9 Å². The van der Waals surface area contributed by atoms with Gasteiger partial charge in [0.2, 0.25) is 15.9 Å². The Balaban J connectivity index is 1.50. The lowest BCUT2D eigenvalue weighted by atomic mass is 10.2. The van der Waals surface area contributed by atoms with Crippen LogP contribution in [-0.2, 0) is 21.4 Å². The van der Waals surface area contributed by atoms with Gasteiger partial charge in [-0.05, 0) is 36.8 Å². The molecule has 6 nitrogen and oxygen atoms in total. The fourth-order valence-electron chi connectivity index (χ4n) is 3.31. The molecule has 24 heavy (non-hydrogen) atoms. The highest BCUT2D eigenvalue weighted by atomic mass is 32.2. The highest BCUT2D eigenvalue weighted by Gasteiger charge is 2.36. The molecule has 0 bridgehead atoms. The van der Waals surface area contributed by atoms with Crippen molar-refractivity contribution in [2.45, 2.75) is 31.8 Å². The van der Waals surface area contributed by atoms with E-state index < -0.39 is 16.1 Å². The van der Waals surface area contributed by atoms with E-state index in [0.29, 0.717) is 19.5 Å². The zero-order chi connectivity index (χ0) is 17.2. The van der Waals surface area contributed by atoms with Crippen molar-refractivity contribution in [3.05, 3.63) is 36.5 Å². The monoisotopic (exact) mass is 349 g/mol. The molecule has 0 saturated carbocycles. The number of nitrogens with one attached hydrogen (secondary N) is 1. The van der Waals surface area contributed by atoms with Gasteiger partial charge in [-0.1, -0.05) is 18.2 Å². The lowest BCUT2D eigenvalue weighted by molar-refractivity contribution is -0.124. The van der Waals surface area contributed by atoms with E-state index in [-0.39, 0.29) is 5.91 Å². The number of nitrogens with zero attached hydrogens (tertiary/aromatic N) is 2. The first-order valence-electron chi connectivity index (χ1n) is 8.25. The Bertz CT molecular complexity index is 828. The van der Waals surface area contributed by atoms with Gasteiger partial charge < -0.3 is 9.88 Å². The fraction of sp³-hybridized carbons (Fsp3) is 0.471. The average molecular weight is 349 g/mol. The molecule has 0 aliphatic carbocycles. The molecule has 2 heterocycles.